The Kier molecular flexibility index (Phi) is 5.20. The van der Waals surface area contributed by atoms with E-state index < -0.39 is 29.9 Å². The molecule has 3 aliphatic heterocycles. The van der Waals surface area contributed by atoms with Gasteiger partial charge in [0.15, 0.2) is 23.0 Å². The minimum Gasteiger partial charge on any atom is -0.490 e. The van der Waals surface area contributed by atoms with Crippen LogP contribution in [0.5, 0.6) is 23.0 Å². The van der Waals surface area contributed by atoms with Gasteiger partial charge >= 0.3 is 6.03 Å². The van der Waals surface area contributed by atoms with Crippen molar-refractivity contribution in [3.8, 4) is 23.0 Å². The number of nitrogens with one attached hydrogen (secondary N) is 2. The Labute approximate surface area is 189 Å². The molecule has 3 aliphatic rings. The summed E-state index contributed by atoms with van der Waals surface area (Å²) in [6.45, 7) is 3.10. The van der Waals surface area contributed by atoms with Gasteiger partial charge in [-0.1, -0.05) is 6.07 Å². The molecule has 2 N–H and O–H groups in total. The predicted molar refractivity (Wildman–Crippen MR) is 116 cm³/mol. The number of hydrogen-bond acceptors (Lipinski definition) is 7. The summed E-state index contributed by atoms with van der Waals surface area (Å²) in [5, 5.41) is 5.40. The first-order chi connectivity index (χ1) is 15.9. The van der Waals surface area contributed by atoms with Crippen molar-refractivity contribution in [2.45, 2.75) is 18.9 Å². The second-order valence-electron chi connectivity index (χ2n) is 8.07. The number of urea groups is 1. The van der Waals surface area contributed by atoms with Crippen molar-refractivity contribution in [3.05, 3.63) is 42.0 Å². The topological polar surface area (TPSA) is 115 Å². The van der Waals surface area contributed by atoms with E-state index in [1.165, 1.54) is 0 Å². The minimum absolute atomic E-state index is 0.402. The molecule has 2 aromatic carbocycles. The molecular weight excluding hydrogens is 430 g/mol. The lowest BCUT2D eigenvalue weighted by Gasteiger charge is -2.25. The molecule has 3 heterocycles. The van der Waals surface area contributed by atoms with E-state index in [4.69, 9.17) is 18.9 Å². The maximum absolute atomic E-state index is 13.2. The molecule has 1 atom stereocenters. The molecule has 10 heteroatoms. The summed E-state index contributed by atoms with van der Waals surface area (Å²) >= 11 is 0. The van der Waals surface area contributed by atoms with Gasteiger partial charge in [0.25, 0.3) is 5.91 Å². The van der Waals surface area contributed by atoms with Crippen molar-refractivity contribution in [1.29, 1.82) is 0 Å². The number of hydrogen-bond donors (Lipinski definition) is 2. The molecule has 33 heavy (non-hydrogen) atoms. The molecule has 0 radical (unpaired) electrons. The average molecular weight is 453 g/mol. The van der Waals surface area contributed by atoms with E-state index in [-0.39, 0.29) is 0 Å². The number of benzene rings is 2. The monoisotopic (exact) mass is 453 g/mol. The lowest BCUT2D eigenvalue weighted by atomic mass is 9.91. The maximum atomic E-state index is 13.2. The van der Waals surface area contributed by atoms with Crippen LogP contribution in [-0.2, 0) is 15.1 Å². The molecule has 0 bridgehead atoms. The van der Waals surface area contributed by atoms with Gasteiger partial charge in [-0.3, -0.25) is 14.5 Å². The third-order valence-corrected chi connectivity index (χ3v) is 5.73. The van der Waals surface area contributed by atoms with E-state index >= 15 is 0 Å². The van der Waals surface area contributed by atoms with Gasteiger partial charge in [-0.2, -0.15) is 0 Å². The Hall–Kier alpha value is -3.95. The van der Waals surface area contributed by atoms with Crippen LogP contribution in [0, 0.1) is 0 Å². The molecule has 1 saturated heterocycles. The molecule has 0 aliphatic carbocycles. The number of imide groups is 1. The average Bonchev–Trinajstić information content (AvgIpc) is 2.97. The van der Waals surface area contributed by atoms with Gasteiger partial charge in [0, 0.05) is 18.2 Å². The van der Waals surface area contributed by atoms with Gasteiger partial charge in [-0.05, 0) is 36.8 Å². The lowest BCUT2D eigenvalue weighted by molar-refractivity contribution is -0.133. The van der Waals surface area contributed by atoms with Crippen LogP contribution in [0.4, 0.5) is 10.5 Å². The molecule has 172 valence electrons. The Balaban J connectivity index is 1.29. The summed E-state index contributed by atoms with van der Waals surface area (Å²) < 4.78 is 22.3. The number of carbonyl (C=O) groups excluding carboxylic acids is 3. The molecule has 2 aromatic rings. The van der Waals surface area contributed by atoms with Gasteiger partial charge in [-0.25, -0.2) is 4.79 Å². The number of nitrogens with zero attached hydrogens (tertiary/aromatic N) is 1. The highest BCUT2D eigenvalue weighted by molar-refractivity contribution is 6.10. The third kappa shape index (κ3) is 3.88. The van der Waals surface area contributed by atoms with E-state index in [0.717, 1.165) is 11.3 Å². The molecule has 1 fully saturated rings. The molecule has 0 spiro atoms. The van der Waals surface area contributed by atoms with Crippen LogP contribution in [0.15, 0.2) is 36.4 Å². The largest absolute Gasteiger partial charge is 0.490 e. The SMILES string of the molecule is CC1(c2ccc3c(c2)OCCO3)NC(=O)N(CC(=O)Nc2ccc3c(c2)OCCCO3)C1=O. The zero-order chi connectivity index (χ0) is 23.0. The second-order valence-corrected chi connectivity index (χ2v) is 8.07. The lowest BCUT2D eigenvalue weighted by Crippen LogP contribution is -2.42. The summed E-state index contributed by atoms with van der Waals surface area (Å²) in [5.74, 6) is 1.18. The fourth-order valence-electron chi connectivity index (χ4n) is 3.98. The van der Waals surface area contributed by atoms with E-state index in [9.17, 15) is 14.4 Å². The van der Waals surface area contributed by atoms with E-state index in [1.54, 1.807) is 43.3 Å². The van der Waals surface area contributed by atoms with E-state index in [0.29, 0.717) is 60.7 Å². The zero-order valence-electron chi connectivity index (χ0n) is 18.0. The number of carbonyl (C=O) groups is 3. The van der Waals surface area contributed by atoms with Crippen molar-refractivity contribution >= 4 is 23.5 Å². The van der Waals surface area contributed by atoms with Crippen molar-refractivity contribution in [2.24, 2.45) is 0 Å². The normalized spacial score (nSPS) is 21.3. The van der Waals surface area contributed by atoms with Gasteiger partial charge in [0.2, 0.25) is 5.91 Å². The van der Waals surface area contributed by atoms with Crippen LogP contribution < -0.4 is 29.6 Å². The van der Waals surface area contributed by atoms with E-state index in [1.807, 2.05) is 0 Å². The fraction of sp³-hybridized carbons (Fsp3) is 0.348. The zero-order valence-corrected chi connectivity index (χ0v) is 18.0. The van der Waals surface area contributed by atoms with Crippen LogP contribution in [0.2, 0.25) is 0 Å². The summed E-state index contributed by atoms with van der Waals surface area (Å²) in [6.07, 6.45) is 0.769. The van der Waals surface area contributed by atoms with Gasteiger partial charge in [0.1, 0.15) is 25.3 Å². The second kappa shape index (κ2) is 8.19. The first-order valence-electron chi connectivity index (χ1n) is 10.7. The smallest absolute Gasteiger partial charge is 0.325 e. The van der Waals surface area contributed by atoms with Crippen LogP contribution in [0.25, 0.3) is 0 Å². The number of amides is 4. The number of anilines is 1. The van der Waals surface area contributed by atoms with Crippen molar-refractivity contribution in [1.82, 2.24) is 10.2 Å². The summed E-state index contributed by atoms with van der Waals surface area (Å²) in [5.41, 5.74) is -0.315. The summed E-state index contributed by atoms with van der Waals surface area (Å²) in [7, 11) is 0. The molecule has 5 rings (SSSR count). The Morgan fingerprint density at radius 3 is 2.36 bits per heavy atom. The molecular formula is C23H23N3O7. The summed E-state index contributed by atoms with van der Waals surface area (Å²) in [4.78, 5) is 39.3. The first kappa shape index (κ1) is 20.9. The molecule has 1 unspecified atom stereocenters. The quantitative estimate of drug-likeness (QED) is 0.681. The van der Waals surface area contributed by atoms with Crippen molar-refractivity contribution in [3.63, 3.8) is 0 Å². The maximum Gasteiger partial charge on any atom is 0.325 e. The number of ether oxygens (including phenoxy) is 4. The van der Waals surface area contributed by atoms with E-state index in [2.05, 4.69) is 10.6 Å². The highest BCUT2D eigenvalue weighted by Crippen LogP contribution is 2.37. The molecule has 10 nitrogen and oxygen atoms in total. The standard InChI is InChI=1S/C23H23N3O7/c1-23(14-3-5-16-18(11-14)33-10-9-32-16)21(28)26(22(29)25-23)13-20(27)24-15-4-6-17-19(12-15)31-8-2-7-30-17/h3-6,11-12H,2,7-10,13H2,1H3,(H,24,27)(H,25,29). The van der Waals surface area contributed by atoms with Gasteiger partial charge in [0.05, 0.1) is 13.2 Å². The minimum atomic E-state index is -1.33. The molecule has 0 saturated carbocycles. The highest BCUT2D eigenvalue weighted by atomic mass is 16.6. The molecule has 4 amide bonds. The third-order valence-electron chi connectivity index (χ3n) is 5.73. The Morgan fingerprint density at radius 1 is 0.939 bits per heavy atom. The van der Waals surface area contributed by atoms with Gasteiger partial charge < -0.3 is 29.6 Å². The Morgan fingerprint density at radius 2 is 1.58 bits per heavy atom. The van der Waals surface area contributed by atoms with Crippen LogP contribution in [0.3, 0.4) is 0 Å². The summed E-state index contributed by atoms with van der Waals surface area (Å²) in [6, 6.07) is 9.48. The molecule has 0 aromatic heterocycles. The van der Waals surface area contributed by atoms with Crippen LogP contribution in [-0.4, -0.2) is 55.7 Å². The fourth-order valence-corrected chi connectivity index (χ4v) is 3.98. The van der Waals surface area contributed by atoms with Crippen molar-refractivity contribution in [2.75, 3.05) is 38.3 Å². The highest BCUT2D eigenvalue weighted by Gasteiger charge is 2.49. The van der Waals surface area contributed by atoms with Crippen molar-refractivity contribution < 1.29 is 33.3 Å². The number of rotatable bonds is 4. The first-order valence-corrected chi connectivity index (χ1v) is 10.7. The Bertz CT molecular complexity index is 1140. The van der Waals surface area contributed by atoms with Gasteiger partial charge in [-0.15, -0.1) is 0 Å². The van der Waals surface area contributed by atoms with Crippen LogP contribution in [0.1, 0.15) is 18.9 Å². The van der Waals surface area contributed by atoms with Crippen LogP contribution >= 0.6 is 0 Å². The predicted octanol–water partition coefficient (Wildman–Crippen LogP) is 2.02. The number of fused-ring (bicyclic) bond motifs is 2.